The zero-order valence-corrected chi connectivity index (χ0v) is 13.4. The van der Waals surface area contributed by atoms with Crippen LogP contribution in [0.1, 0.15) is 43.2 Å². The van der Waals surface area contributed by atoms with Crippen LogP contribution in [0.2, 0.25) is 0 Å². The van der Waals surface area contributed by atoms with Gasteiger partial charge in [0.25, 0.3) is 0 Å². The third kappa shape index (κ3) is 3.81. The molecule has 2 aromatic carbocycles. The highest BCUT2D eigenvalue weighted by atomic mass is 16.3. The molecule has 2 N–H and O–H groups in total. The van der Waals surface area contributed by atoms with Crippen molar-refractivity contribution < 1.29 is 9.52 Å². The van der Waals surface area contributed by atoms with Gasteiger partial charge in [-0.2, -0.15) is 0 Å². The second-order valence-electron chi connectivity index (χ2n) is 5.90. The molecule has 0 bridgehead atoms. The van der Waals surface area contributed by atoms with Crippen molar-refractivity contribution in [2.24, 2.45) is 0 Å². The van der Waals surface area contributed by atoms with Gasteiger partial charge in [-0.3, -0.25) is 0 Å². The Labute approximate surface area is 136 Å². The third-order valence-electron chi connectivity index (χ3n) is 4.18. The van der Waals surface area contributed by atoms with Crippen molar-refractivity contribution in [3.8, 4) is 0 Å². The van der Waals surface area contributed by atoms with Crippen LogP contribution in [-0.4, -0.2) is 11.7 Å². The summed E-state index contributed by atoms with van der Waals surface area (Å²) in [6, 6.07) is 20.8. The average molecular weight is 309 g/mol. The Bertz CT molecular complexity index is 702. The molecule has 0 amide bonds. The number of aliphatic hydroxyl groups excluding tert-OH is 1. The fourth-order valence-corrected chi connectivity index (χ4v) is 2.93. The fraction of sp³-hybridized carbons (Fsp3) is 0.300. The zero-order valence-electron chi connectivity index (χ0n) is 13.4. The predicted octanol–water partition coefficient (Wildman–Crippen LogP) is 4.60. The lowest BCUT2D eigenvalue weighted by molar-refractivity contribution is 0.270. The summed E-state index contributed by atoms with van der Waals surface area (Å²) >= 11 is 0. The molecular formula is C20H23NO2. The van der Waals surface area contributed by atoms with E-state index in [9.17, 15) is 0 Å². The van der Waals surface area contributed by atoms with E-state index in [1.54, 1.807) is 0 Å². The van der Waals surface area contributed by atoms with Gasteiger partial charge in [0.15, 0.2) is 0 Å². The van der Waals surface area contributed by atoms with Gasteiger partial charge in [-0.25, -0.2) is 0 Å². The Morgan fingerprint density at radius 1 is 1.04 bits per heavy atom. The topological polar surface area (TPSA) is 45.4 Å². The number of hydrogen-bond donors (Lipinski definition) is 2. The van der Waals surface area contributed by atoms with Gasteiger partial charge in [-0.1, -0.05) is 48.5 Å². The average Bonchev–Trinajstić information content (AvgIpc) is 3.03. The summed E-state index contributed by atoms with van der Waals surface area (Å²) in [5.74, 6) is 0.941. The lowest BCUT2D eigenvalue weighted by Crippen LogP contribution is -2.24. The van der Waals surface area contributed by atoms with Crippen LogP contribution >= 0.6 is 0 Å². The maximum absolute atomic E-state index is 9.16. The van der Waals surface area contributed by atoms with Crippen LogP contribution in [0.25, 0.3) is 11.0 Å². The van der Waals surface area contributed by atoms with Crippen LogP contribution in [0.15, 0.2) is 65.1 Å². The molecule has 0 fully saturated rings. The van der Waals surface area contributed by atoms with E-state index < -0.39 is 0 Å². The molecule has 0 aliphatic carbocycles. The van der Waals surface area contributed by atoms with Crippen LogP contribution in [-0.2, 0) is 0 Å². The first-order valence-electron chi connectivity index (χ1n) is 8.18. The Kier molecular flexibility index (Phi) is 5.11. The van der Waals surface area contributed by atoms with Gasteiger partial charge in [0.2, 0.25) is 0 Å². The van der Waals surface area contributed by atoms with Crippen LogP contribution < -0.4 is 5.32 Å². The van der Waals surface area contributed by atoms with E-state index >= 15 is 0 Å². The molecule has 1 aromatic heterocycles. The molecule has 2 atom stereocenters. The van der Waals surface area contributed by atoms with E-state index in [2.05, 4.69) is 48.6 Å². The number of aliphatic hydroxyl groups is 1. The molecule has 3 aromatic rings. The first kappa shape index (κ1) is 15.8. The minimum Gasteiger partial charge on any atom is -0.459 e. The van der Waals surface area contributed by atoms with Gasteiger partial charge >= 0.3 is 0 Å². The van der Waals surface area contributed by atoms with Crippen molar-refractivity contribution in [1.82, 2.24) is 5.32 Å². The van der Waals surface area contributed by atoms with Gasteiger partial charge in [-0.05, 0) is 37.5 Å². The van der Waals surface area contributed by atoms with Crippen molar-refractivity contribution in [3.63, 3.8) is 0 Å². The Morgan fingerprint density at radius 2 is 1.78 bits per heavy atom. The maximum Gasteiger partial charge on any atom is 0.134 e. The normalized spacial score (nSPS) is 14.0. The summed E-state index contributed by atoms with van der Waals surface area (Å²) < 4.78 is 5.96. The summed E-state index contributed by atoms with van der Waals surface area (Å²) in [5, 5.41) is 13.9. The number of furan rings is 1. The summed E-state index contributed by atoms with van der Waals surface area (Å²) in [6.45, 7) is 2.33. The number of para-hydroxylation sites is 1. The molecule has 3 rings (SSSR count). The second kappa shape index (κ2) is 7.44. The molecule has 3 nitrogen and oxygen atoms in total. The van der Waals surface area contributed by atoms with Gasteiger partial charge in [0, 0.05) is 18.0 Å². The number of hydrogen-bond acceptors (Lipinski definition) is 3. The van der Waals surface area contributed by atoms with Gasteiger partial charge < -0.3 is 14.8 Å². The highest BCUT2D eigenvalue weighted by Gasteiger charge is 2.17. The molecular weight excluding hydrogens is 286 g/mol. The Morgan fingerprint density at radius 3 is 2.52 bits per heavy atom. The van der Waals surface area contributed by atoms with E-state index in [1.165, 1.54) is 5.56 Å². The highest BCUT2D eigenvalue weighted by molar-refractivity contribution is 5.77. The summed E-state index contributed by atoms with van der Waals surface area (Å²) in [4.78, 5) is 0. The van der Waals surface area contributed by atoms with E-state index in [0.29, 0.717) is 0 Å². The van der Waals surface area contributed by atoms with Crippen LogP contribution in [0.4, 0.5) is 0 Å². The minimum absolute atomic E-state index is 0.103. The maximum atomic E-state index is 9.16. The smallest absolute Gasteiger partial charge is 0.134 e. The molecule has 0 aliphatic rings. The van der Waals surface area contributed by atoms with Gasteiger partial charge in [0.05, 0.1) is 6.04 Å². The monoisotopic (exact) mass is 309 g/mol. The molecule has 0 spiro atoms. The molecule has 0 aliphatic heterocycles. The second-order valence-corrected chi connectivity index (χ2v) is 5.90. The molecule has 3 heteroatoms. The molecule has 0 unspecified atom stereocenters. The standard InChI is InChI=1S/C20H23NO2/c1-15(20-14-17-10-5-6-12-19(17)23-20)21-18(11-7-13-22)16-8-3-2-4-9-16/h2-6,8-10,12,14-15,18,21-22H,7,11,13H2,1H3/t15-,18+/m0/s1. The minimum atomic E-state index is 0.103. The van der Waals surface area contributed by atoms with Gasteiger partial charge in [0.1, 0.15) is 11.3 Å². The number of benzene rings is 2. The zero-order chi connectivity index (χ0) is 16.1. The van der Waals surface area contributed by atoms with Crippen LogP contribution in [0.5, 0.6) is 0 Å². The Hall–Kier alpha value is -2.10. The molecule has 120 valence electrons. The van der Waals surface area contributed by atoms with Crippen molar-refractivity contribution in [2.45, 2.75) is 31.8 Å². The lowest BCUT2D eigenvalue weighted by atomic mass is 10.0. The predicted molar refractivity (Wildman–Crippen MR) is 93.3 cm³/mol. The van der Waals surface area contributed by atoms with Crippen molar-refractivity contribution in [2.75, 3.05) is 6.61 Å². The molecule has 23 heavy (non-hydrogen) atoms. The van der Waals surface area contributed by atoms with Gasteiger partial charge in [-0.15, -0.1) is 0 Å². The molecule has 0 saturated heterocycles. The SMILES string of the molecule is C[C@H](N[C@H](CCCO)c1ccccc1)c1cc2ccccc2o1. The summed E-state index contributed by atoms with van der Waals surface area (Å²) in [7, 11) is 0. The highest BCUT2D eigenvalue weighted by Crippen LogP contribution is 2.27. The number of fused-ring (bicyclic) bond motifs is 1. The van der Waals surface area contributed by atoms with Crippen LogP contribution in [0.3, 0.4) is 0 Å². The van der Waals surface area contributed by atoms with E-state index in [1.807, 2.05) is 24.3 Å². The van der Waals surface area contributed by atoms with Crippen LogP contribution in [0, 0.1) is 0 Å². The first-order valence-corrected chi connectivity index (χ1v) is 8.18. The van der Waals surface area contributed by atoms with E-state index in [4.69, 9.17) is 9.52 Å². The molecule has 1 heterocycles. The Balaban J connectivity index is 1.78. The van der Waals surface area contributed by atoms with Crippen molar-refractivity contribution in [1.29, 1.82) is 0 Å². The van der Waals surface area contributed by atoms with E-state index in [0.717, 1.165) is 29.6 Å². The lowest BCUT2D eigenvalue weighted by Gasteiger charge is -2.22. The summed E-state index contributed by atoms with van der Waals surface area (Å²) in [5.41, 5.74) is 2.16. The molecule has 0 radical (unpaired) electrons. The van der Waals surface area contributed by atoms with Crippen molar-refractivity contribution >= 4 is 11.0 Å². The number of rotatable bonds is 7. The summed E-state index contributed by atoms with van der Waals surface area (Å²) in [6.07, 6.45) is 1.67. The quantitative estimate of drug-likeness (QED) is 0.670. The number of nitrogens with one attached hydrogen (secondary N) is 1. The largest absolute Gasteiger partial charge is 0.459 e. The van der Waals surface area contributed by atoms with E-state index in [-0.39, 0.29) is 18.7 Å². The van der Waals surface area contributed by atoms with Crippen molar-refractivity contribution in [3.05, 3.63) is 72.0 Å². The molecule has 0 saturated carbocycles. The first-order chi connectivity index (χ1) is 11.3. The third-order valence-corrected chi connectivity index (χ3v) is 4.18. The fourth-order valence-electron chi connectivity index (χ4n) is 2.93.